The Balaban J connectivity index is 1.64. The predicted octanol–water partition coefficient (Wildman–Crippen LogP) is 3.68. The number of hydrogen-bond acceptors (Lipinski definition) is 5. The summed E-state index contributed by atoms with van der Waals surface area (Å²) in [5.41, 5.74) is 4.27. The first-order valence-corrected chi connectivity index (χ1v) is 8.80. The number of ketones is 1. The molecular formula is C21H22N2O4. The fraction of sp³-hybridized carbons (Fsp3) is 0.286. The van der Waals surface area contributed by atoms with E-state index in [1.165, 1.54) is 11.6 Å². The maximum Gasteiger partial charge on any atom is 0.377 e. The topological polar surface area (TPSA) is 74.3 Å². The summed E-state index contributed by atoms with van der Waals surface area (Å²) >= 11 is 0. The van der Waals surface area contributed by atoms with E-state index in [1.54, 1.807) is 6.92 Å². The van der Waals surface area contributed by atoms with Crippen LogP contribution in [0, 0.1) is 20.8 Å². The van der Waals surface area contributed by atoms with Gasteiger partial charge in [-0.2, -0.15) is 0 Å². The zero-order chi connectivity index (χ0) is 19.4. The highest BCUT2D eigenvalue weighted by atomic mass is 16.6. The highest BCUT2D eigenvalue weighted by Gasteiger charge is 2.19. The van der Waals surface area contributed by atoms with Crippen LogP contribution >= 0.6 is 0 Å². The highest BCUT2D eigenvalue weighted by Crippen LogP contribution is 2.17. The number of esters is 1. The van der Waals surface area contributed by atoms with Crippen LogP contribution in [0.2, 0.25) is 0 Å². The number of aromatic nitrogens is 2. The number of ether oxygens (including phenoxy) is 1. The molecule has 0 saturated heterocycles. The second-order valence-electron chi connectivity index (χ2n) is 6.50. The van der Waals surface area contributed by atoms with Crippen molar-refractivity contribution in [3.63, 3.8) is 0 Å². The lowest BCUT2D eigenvalue weighted by molar-refractivity contribution is 0.0435. The van der Waals surface area contributed by atoms with Crippen LogP contribution in [-0.4, -0.2) is 28.1 Å². The van der Waals surface area contributed by atoms with Crippen molar-refractivity contribution in [3.05, 3.63) is 76.4 Å². The van der Waals surface area contributed by atoms with Crippen LogP contribution in [0.15, 0.2) is 47.0 Å². The van der Waals surface area contributed by atoms with Crippen LogP contribution in [0.3, 0.4) is 0 Å². The van der Waals surface area contributed by atoms with Crippen LogP contribution in [0.5, 0.6) is 0 Å². The minimum absolute atomic E-state index is 0.00589. The molecule has 0 spiro atoms. The van der Waals surface area contributed by atoms with Crippen LogP contribution in [0.25, 0.3) is 0 Å². The number of aryl methyl sites for hydroxylation is 3. The van der Waals surface area contributed by atoms with Gasteiger partial charge in [-0.05, 0) is 38.8 Å². The molecule has 2 aromatic heterocycles. The van der Waals surface area contributed by atoms with Crippen molar-refractivity contribution >= 4 is 11.8 Å². The van der Waals surface area contributed by atoms with Crippen molar-refractivity contribution in [1.29, 1.82) is 0 Å². The average Bonchev–Trinajstić information content (AvgIpc) is 3.22. The van der Waals surface area contributed by atoms with Gasteiger partial charge in [-0.3, -0.25) is 4.79 Å². The van der Waals surface area contributed by atoms with E-state index in [1.807, 2.05) is 38.1 Å². The first-order valence-electron chi connectivity index (χ1n) is 8.80. The van der Waals surface area contributed by atoms with Crippen LogP contribution in [0.1, 0.15) is 43.6 Å². The molecule has 3 rings (SSSR count). The Morgan fingerprint density at radius 2 is 1.85 bits per heavy atom. The maximum absolute atomic E-state index is 12.5. The van der Waals surface area contributed by atoms with E-state index in [9.17, 15) is 9.59 Å². The molecule has 0 aliphatic carbocycles. The first-order chi connectivity index (χ1) is 13.0. The van der Waals surface area contributed by atoms with Gasteiger partial charge in [-0.1, -0.05) is 35.5 Å². The Morgan fingerprint density at radius 3 is 2.52 bits per heavy atom. The summed E-state index contributed by atoms with van der Waals surface area (Å²) in [6.45, 7) is 6.04. The largest absolute Gasteiger partial charge is 0.451 e. The Bertz CT molecular complexity index is 954. The van der Waals surface area contributed by atoms with E-state index < -0.39 is 5.97 Å². The third kappa shape index (κ3) is 4.34. The summed E-state index contributed by atoms with van der Waals surface area (Å²) in [4.78, 5) is 24.4. The van der Waals surface area contributed by atoms with Crippen LogP contribution in [-0.2, 0) is 17.7 Å². The quantitative estimate of drug-likeness (QED) is 0.471. The summed E-state index contributed by atoms with van der Waals surface area (Å²) in [5, 5.41) is 3.63. The van der Waals surface area contributed by atoms with Crippen molar-refractivity contribution in [1.82, 2.24) is 9.72 Å². The Hall–Kier alpha value is -3.15. The number of nitrogens with zero attached hydrogens (tertiary/aromatic N) is 2. The van der Waals surface area contributed by atoms with Gasteiger partial charge in [-0.25, -0.2) is 4.79 Å². The lowest BCUT2D eigenvalue weighted by Gasteiger charge is -2.10. The minimum Gasteiger partial charge on any atom is -0.451 e. The van der Waals surface area contributed by atoms with Crippen LogP contribution in [0.4, 0.5) is 0 Å². The molecule has 0 N–H and O–H groups in total. The van der Waals surface area contributed by atoms with E-state index in [0.29, 0.717) is 11.3 Å². The third-order valence-electron chi connectivity index (χ3n) is 4.50. The van der Waals surface area contributed by atoms with Crippen molar-refractivity contribution < 1.29 is 18.8 Å². The van der Waals surface area contributed by atoms with Gasteiger partial charge in [-0.15, -0.1) is 0 Å². The molecule has 1 aromatic carbocycles. The number of carbonyl (C=O) groups is 2. The number of Topliss-reactive ketones (excluding diaryl/α,β-unsaturated/α-hetero) is 1. The number of hydrogen-bond donors (Lipinski definition) is 0. The van der Waals surface area contributed by atoms with Crippen molar-refractivity contribution in [2.45, 2.75) is 33.7 Å². The van der Waals surface area contributed by atoms with Gasteiger partial charge < -0.3 is 13.8 Å². The molecule has 6 heteroatoms. The van der Waals surface area contributed by atoms with Gasteiger partial charge in [0.15, 0.2) is 6.61 Å². The molecule has 27 heavy (non-hydrogen) atoms. The van der Waals surface area contributed by atoms with Crippen LogP contribution < -0.4 is 0 Å². The molecule has 0 unspecified atom stereocenters. The predicted molar refractivity (Wildman–Crippen MR) is 99.9 cm³/mol. The summed E-state index contributed by atoms with van der Waals surface area (Å²) in [5.74, 6) is -0.936. The molecule has 6 nitrogen and oxygen atoms in total. The molecule has 0 aliphatic rings. The number of benzene rings is 1. The number of rotatable bonds is 7. The molecule has 0 aliphatic heterocycles. The molecule has 0 atom stereocenters. The molecule has 140 valence electrons. The summed E-state index contributed by atoms with van der Waals surface area (Å²) in [6.07, 6.45) is 0.880. The average molecular weight is 366 g/mol. The normalized spacial score (nSPS) is 10.8. The second-order valence-corrected chi connectivity index (χ2v) is 6.50. The zero-order valence-corrected chi connectivity index (χ0v) is 15.7. The van der Waals surface area contributed by atoms with Crippen molar-refractivity contribution in [2.24, 2.45) is 0 Å². The Kier molecular flexibility index (Phi) is 5.54. The Labute approximate surface area is 157 Å². The van der Waals surface area contributed by atoms with Gasteiger partial charge in [0.2, 0.25) is 11.5 Å². The van der Waals surface area contributed by atoms with Crippen molar-refractivity contribution in [2.75, 3.05) is 6.61 Å². The molecular weight excluding hydrogens is 344 g/mol. The highest BCUT2D eigenvalue weighted by molar-refractivity contribution is 6.00. The zero-order valence-electron chi connectivity index (χ0n) is 15.7. The fourth-order valence-corrected chi connectivity index (χ4v) is 3.05. The molecule has 0 bridgehead atoms. The molecule has 0 radical (unpaired) electrons. The second kappa shape index (κ2) is 8.03. The Morgan fingerprint density at radius 1 is 1.11 bits per heavy atom. The lowest BCUT2D eigenvalue weighted by Crippen LogP contribution is -2.15. The standard InChI is InChI=1S/C21H22N2O4/c1-14-11-20(27-22-14)21(25)26-13-19(24)18-12-15(2)23(16(18)3)10-9-17-7-5-4-6-8-17/h4-8,11-12H,9-10,13H2,1-3H3. The summed E-state index contributed by atoms with van der Waals surface area (Å²) in [7, 11) is 0. The molecule has 0 saturated carbocycles. The smallest absolute Gasteiger partial charge is 0.377 e. The third-order valence-corrected chi connectivity index (χ3v) is 4.50. The minimum atomic E-state index is -0.693. The summed E-state index contributed by atoms with van der Waals surface area (Å²) in [6, 6.07) is 13.5. The molecule has 3 aromatic rings. The van der Waals surface area contributed by atoms with Gasteiger partial charge in [0.1, 0.15) is 0 Å². The summed E-state index contributed by atoms with van der Waals surface area (Å²) < 4.78 is 12.0. The van der Waals surface area contributed by atoms with E-state index >= 15 is 0 Å². The molecule has 0 amide bonds. The maximum atomic E-state index is 12.5. The monoisotopic (exact) mass is 366 g/mol. The van der Waals surface area contributed by atoms with E-state index in [-0.39, 0.29) is 18.2 Å². The van der Waals surface area contributed by atoms with Gasteiger partial charge in [0, 0.05) is 29.6 Å². The van der Waals surface area contributed by atoms with Crippen molar-refractivity contribution in [3.8, 4) is 0 Å². The van der Waals surface area contributed by atoms with Gasteiger partial charge in [0.05, 0.1) is 5.69 Å². The van der Waals surface area contributed by atoms with E-state index in [2.05, 4.69) is 21.9 Å². The van der Waals surface area contributed by atoms with E-state index in [4.69, 9.17) is 9.26 Å². The van der Waals surface area contributed by atoms with Gasteiger partial charge in [0.25, 0.3) is 0 Å². The molecule has 0 fully saturated rings. The lowest BCUT2D eigenvalue weighted by atomic mass is 10.1. The molecule has 2 heterocycles. The first kappa shape index (κ1) is 18.6. The fourth-order valence-electron chi connectivity index (χ4n) is 3.05. The SMILES string of the molecule is Cc1cc(C(=O)OCC(=O)c2cc(C)n(CCc3ccccc3)c2C)on1. The van der Waals surface area contributed by atoms with Gasteiger partial charge >= 0.3 is 5.97 Å². The van der Waals surface area contributed by atoms with E-state index in [0.717, 1.165) is 24.4 Å². The number of carbonyl (C=O) groups excluding carboxylic acids is 2.